The second-order valence-electron chi connectivity index (χ2n) is 7.71. The number of aromatic hydroxyl groups is 1. The van der Waals surface area contributed by atoms with Gasteiger partial charge in [0.15, 0.2) is 0 Å². The first-order valence-corrected chi connectivity index (χ1v) is 10.3. The van der Waals surface area contributed by atoms with E-state index in [1.54, 1.807) is 0 Å². The quantitative estimate of drug-likeness (QED) is 0.347. The van der Waals surface area contributed by atoms with E-state index < -0.39 is 29.4 Å². The maximum absolute atomic E-state index is 14.9. The topological polar surface area (TPSA) is 119 Å². The summed E-state index contributed by atoms with van der Waals surface area (Å²) < 4.78 is 57.3. The van der Waals surface area contributed by atoms with Crippen LogP contribution in [0.5, 0.6) is 5.88 Å². The Bertz CT molecular complexity index is 1630. The number of carboxylic acid groups (broad SMARTS) is 1. The first-order chi connectivity index (χ1) is 17.1. The average molecular weight is 498 g/mol. The fourth-order valence-electron chi connectivity index (χ4n) is 3.72. The van der Waals surface area contributed by atoms with Crippen LogP contribution in [0, 0.1) is 5.82 Å². The van der Waals surface area contributed by atoms with E-state index in [-0.39, 0.29) is 45.8 Å². The standard InChI is InChI=1S/C23H14F4N6O3/c24-17-7-12(15-3-1-2-4-16(15)23(25,26)27)5-6-13(17)10-32-19-18(9-29-32)30-22(31-20(19)34)33-11-14(8-28-33)21(35)36/h1-9,11H,10H2,(H,35,36)(H,30,31,34). The zero-order valence-electron chi connectivity index (χ0n) is 18.0. The highest BCUT2D eigenvalue weighted by Crippen LogP contribution is 2.37. The molecule has 182 valence electrons. The fourth-order valence-corrected chi connectivity index (χ4v) is 3.72. The van der Waals surface area contributed by atoms with E-state index in [0.717, 1.165) is 23.0 Å². The fraction of sp³-hybridized carbons (Fsp3) is 0.0870. The van der Waals surface area contributed by atoms with Gasteiger partial charge in [0.05, 0.1) is 30.1 Å². The van der Waals surface area contributed by atoms with Crippen LogP contribution in [0.25, 0.3) is 28.1 Å². The van der Waals surface area contributed by atoms with Gasteiger partial charge < -0.3 is 10.2 Å². The van der Waals surface area contributed by atoms with Gasteiger partial charge in [-0.1, -0.05) is 30.3 Å². The van der Waals surface area contributed by atoms with Crippen LogP contribution < -0.4 is 0 Å². The van der Waals surface area contributed by atoms with Crippen molar-refractivity contribution in [2.45, 2.75) is 12.7 Å². The number of hydrogen-bond donors (Lipinski definition) is 2. The third-order valence-electron chi connectivity index (χ3n) is 5.41. The number of halogens is 4. The van der Waals surface area contributed by atoms with Gasteiger partial charge in [-0.2, -0.15) is 28.4 Å². The number of carboxylic acids is 1. The minimum Gasteiger partial charge on any atom is -0.492 e. The highest BCUT2D eigenvalue weighted by molar-refractivity contribution is 5.87. The van der Waals surface area contributed by atoms with Crippen LogP contribution in [0.1, 0.15) is 21.5 Å². The number of alkyl halides is 3. The molecule has 3 heterocycles. The Hall–Kier alpha value is -4.81. The molecular formula is C23H14F4N6O3. The summed E-state index contributed by atoms with van der Waals surface area (Å²) in [6.07, 6.45) is -1.04. The van der Waals surface area contributed by atoms with E-state index in [2.05, 4.69) is 20.2 Å². The van der Waals surface area contributed by atoms with Crippen LogP contribution in [0.15, 0.2) is 61.1 Å². The van der Waals surface area contributed by atoms with Gasteiger partial charge >= 0.3 is 12.1 Å². The lowest BCUT2D eigenvalue weighted by Crippen LogP contribution is -2.08. The molecule has 0 amide bonds. The molecule has 9 nitrogen and oxygen atoms in total. The predicted octanol–water partition coefficient (Wildman–Crippen LogP) is 4.29. The van der Waals surface area contributed by atoms with E-state index in [9.17, 15) is 27.5 Å². The maximum atomic E-state index is 14.9. The number of aromatic nitrogens is 6. The summed E-state index contributed by atoms with van der Waals surface area (Å²) in [7, 11) is 0. The molecule has 0 aliphatic rings. The summed E-state index contributed by atoms with van der Waals surface area (Å²) in [6.45, 7) is -0.169. The molecule has 2 aromatic carbocycles. The summed E-state index contributed by atoms with van der Waals surface area (Å²) >= 11 is 0. The molecule has 36 heavy (non-hydrogen) atoms. The molecule has 0 unspecified atom stereocenters. The lowest BCUT2D eigenvalue weighted by Gasteiger charge is -2.14. The van der Waals surface area contributed by atoms with Gasteiger partial charge in [-0.15, -0.1) is 0 Å². The van der Waals surface area contributed by atoms with Crippen molar-refractivity contribution in [3.05, 3.63) is 83.6 Å². The van der Waals surface area contributed by atoms with E-state index >= 15 is 0 Å². The molecule has 0 atom stereocenters. The molecule has 2 N–H and O–H groups in total. The van der Waals surface area contributed by atoms with E-state index in [0.29, 0.717) is 0 Å². The van der Waals surface area contributed by atoms with Crippen LogP contribution in [0.4, 0.5) is 17.6 Å². The molecule has 0 saturated heterocycles. The second-order valence-corrected chi connectivity index (χ2v) is 7.71. The SMILES string of the molecule is O=C(O)c1cnn(-c2nc(O)c3c(cnn3Cc3ccc(-c4ccccc4C(F)(F)F)cc3F)n2)c1. The van der Waals surface area contributed by atoms with Crippen molar-refractivity contribution in [2.75, 3.05) is 0 Å². The van der Waals surface area contributed by atoms with E-state index in [1.807, 2.05) is 0 Å². The van der Waals surface area contributed by atoms with Gasteiger partial charge in [0.25, 0.3) is 5.95 Å². The summed E-state index contributed by atoms with van der Waals surface area (Å²) in [6, 6.07) is 8.63. The van der Waals surface area contributed by atoms with Crippen molar-refractivity contribution in [1.82, 2.24) is 29.5 Å². The summed E-state index contributed by atoms with van der Waals surface area (Å²) in [5, 5.41) is 27.5. The van der Waals surface area contributed by atoms with Crippen molar-refractivity contribution in [2.24, 2.45) is 0 Å². The lowest BCUT2D eigenvalue weighted by molar-refractivity contribution is -0.137. The Morgan fingerprint density at radius 1 is 1.03 bits per heavy atom. The smallest absolute Gasteiger partial charge is 0.417 e. The second kappa shape index (κ2) is 8.45. The molecule has 0 fully saturated rings. The third-order valence-corrected chi connectivity index (χ3v) is 5.41. The molecular weight excluding hydrogens is 484 g/mol. The van der Waals surface area contributed by atoms with Crippen LogP contribution >= 0.6 is 0 Å². The Kier molecular flexibility index (Phi) is 5.39. The highest BCUT2D eigenvalue weighted by Gasteiger charge is 2.33. The van der Waals surface area contributed by atoms with Crippen molar-refractivity contribution >= 4 is 17.0 Å². The maximum Gasteiger partial charge on any atom is 0.417 e. The van der Waals surface area contributed by atoms with Crippen molar-refractivity contribution in [1.29, 1.82) is 0 Å². The van der Waals surface area contributed by atoms with Crippen LogP contribution in [0.3, 0.4) is 0 Å². The summed E-state index contributed by atoms with van der Waals surface area (Å²) in [4.78, 5) is 19.2. The molecule has 0 radical (unpaired) electrons. The highest BCUT2D eigenvalue weighted by atomic mass is 19.4. The Morgan fingerprint density at radius 3 is 2.50 bits per heavy atom. The first-order valence-electron chi connectivity index (χ1n) is 10.3. The van der Waals surface area contributed by atoms with Crippen molar-refractivity contribution < 1.29 is 32.6 Å². The Morgan fingerprint density at radius 2 is 1.81 bits per heavy atom. The molecule has 0 saturated carbocycles. The summed E-state index contributed by atoms with van der Waals surface area (Å²) in [5.74, 6) is -2.57. The molecule has 13 heteroatoms. The number of rotatable bonds is 5. The summed E-state index contributed by atoms with van der Waals surface area (Å²) in [5.41, 5.74) is -0.703. The van der Waals surface area contributed by atoms with Crippen LogP contribution in [-0.4, -0.2) is 45.7 Å². The number of fused-ring (bicyclic) bond motifs is 1. The van der Waals surface area contributed by atoms with Crippen LogP contribution in [0.2, 0.25) is 0 Å². The average Bonchev–Trinajstić information content (AvgIpc) is 3.48. The monoisotopic (exact) mass is 498 g/mol. The van der Waals surface area contributed by atoms with Gasteiger partial charge in [-0.05, 0) is 23.3 Å². The van der Waals surface area contributed by atoms with Gasteiger partial charge in [-0.25, -0.2) is 18.9 Å². The number of benzene rings is 2. The van der Waals surface area contributed by atoms with E-state index in [1.165, 1.54) is 47.4 Å². The Balaban J connectivity index is 1.47. The first kappa shape index (κ1) is 23.0. The van der Waals surface area contributed by atoms with Gasteiger partial charge in [0.1, 0.15) is 16.9 Å². The molecule has 3 aromatic heterocycles. The number of carbonyl (C=O) groups is 1. The molecule has 0 bridgehead atoms. The molecule has 0 aliphatic heterocycles. The number of hydrogen-bond acceptors (Lipinski definition) is 6. The lowest BCUT2D eigenvalue weighted by atomic mass is 9.98. The molecule has 5 rings (SSSR count). The minimum absolute atomic E-state index is 0.0604. The van der Waals surface area contributed by atoms with E-state index in [4.69, 9.17) is 5.11 Å². The normalized spacial score (nSPS) is 11.8. The van der Waals surface area contributed by atoms with Crippen LogP contribution in [-0.2, 0) is 12.7 Å². The predicted molar refractivity (Wildman–Crippen MR) is 117 cm³/mol. The Labute approximate surface area is 198 Å². The number of aromatic carboxylic acids is 1. The number of nitrogens with zero attached hydrogens (tertiary/aromatic N) is 6. The molecule has 0 spiro atoms. The van der Waals surface area contributed by atoms with Gasteiger partial charge in [0.2, 0.25) is 5.88 Å². The van der Waals surface area contributed by atoms with Gasteiger partial charge in [-0.3, -0.25) is 4.68 Å². The van der Waals surface area contributed by atoms with Gasteiger partial charge in [0, 0.05) is 11.8 Å². The minimum atomic E-state index is -4.60. The van der Waals surface area contributed by atoms with Crippen molar-refractivity contribution in [3.8, 4) is 23.0 Å². The third kappa shape index (κ3) is 4.10. The zero-order chi connectivity index (χ0) is 25.6. The molecule has 5 aromatic rings. The largest absolute Gasteiger partial charge is 0.492 e. The van der Waals surface area contributed by atoms with Crippen molar-refractivity contribution in [3.63, 3.8) is 0 Å². The molecule has 0 aliphatic carbocycles. The zero-order valence-corrected chi connectivity index (χ0v) is 18.0.